The summed E-state index contributed by atoms with van der Waals surface area (Å²) in [4.78, 5) is 14.8. The van der Waals surface area contributed by atoms with Gasteiger partial charge in [0.05, 0.1) is 6.20 Å². The van der Waals surface area contributed by atoms with Gasteiger partial charge in [-0.2, -0.15) is 0 Å². The number of nitrogens with zero attached hydrogens (tertiary/aromatic N) is 1. The molecule has 1 fully saturated rings. The summed E-state index contributed by atoms with van der Waals surface area (Å²) in [7, 11) is 0. The molecule has 2 N–H and O–H groups in total. The van der Waals surface area contributed by atoms with E-state index < -0.39 is 11.8 Å². The van der Waals surface area contributed by atoms with Crippen LogP contribution >= 0.6 is 0 Å². The van der Waals surface area contributed by atoms with Gasteiger partial charge in [0.25, 0.3) is 0 Å². The average molecular weight is 266 g/mol. The molecular formula is C14H19FN2O2. The first-order valence-corrected chi connectivity index (χ1v) is 6.79. The molecular weight excluding hydrogens is 247 g/mol. The van der Waals surface area contributed by atoms with E-state index >= 15 is 0 Å². The molecule has 0 unspecified atom stereocenters. The van der Waals surface area contributed by atoms with Crippen molar-refractivity contribution >= 4 is 11.8 Å². The molecule has 1 saturated carbocycles. The number of pyridine rings is 1. The molecule has 0 radical (unpaired) electrons. The summed E-state index contributed by atoms with van der Waals surface area (Å²) < 4.78 is 12.9. The standard InChI is InChI=1S/C14H19FN2O2/c15-11-8-12(14(18)19)13(17-9-11)16-7-3-6-10-4-1-2-5-10/h8-10H,1-7H2,(H,16,17)(H,18,19). The molecule has 4 nitrogen and oxygen atoms in total. The van der Waals surface area contributed by atoms with Gasteiger partial charge in [-0.15, -0.1) is 0 Å². The second-order valence-corrected chi connectivity index (χ2v) is 5.07. The number of carbonyl (C=O) groups is 1. The Kier molecular flexibility index (Phi) is 4.71. The lowest BCUT2D eigenvalue weighted by Gasteiger charge is -2.11. The molecule has 0 aliphatic heterocycles. The third kappa shape index (κ3) is 3.91. The van der Waals surface area contributed by atoms with Gasteiger partial charge in [-0.3, -0.25) is 0 Å². The topological polar surface area (TPSA) is 62.2 Å². The van der Waals surface area contributed by atoms with Crippen molar-refractivity contribution in [3.05, 3.63) is 23.6 Å². The highest BCUT2D eigenvalue weighted by molar-refractivity contribution is 5.93. The van der Waals surface area contributed by atoms with E-state index in [0.29, 0.717) is 6.54 Å². The first-order valence-electron chi connectivity index (χ1n) is 6.79. The third-order valence-electron chi connectivity index (χ3n) is 3.64. The van der Waals surface area contributed by atoms with Crippen LogP contribution in [0, 0.1) is 11.7 Å². The van der Waals surface area contributed by atoms with Gasteiger partial charge in [-0.05, 0) is 24.8 Å². The van der Waals surface area contributed by atoms with Crippen molar-refractivity contribution in [2.45, 2.75) is 38.5 Å². The molecule has 1 aromatic rings. The predicted octanol–water partition coefficient (Wildman–Crippen LogP) is 3.30. The Bertz CT molecular complexity index is 445. The van der Waals surface area contributed by atoms with Crippen LogP contribution < -0.4 is 5.32 Å². The van der Waals surface area contributed by atoms with E-state index in [1.54, 1.807) is 0 Å². The number of anilines is 1. The zero-order chi connectivity index (χ0) is 13.7. The van der Waals surface area contributed by atoms with Gasteiger partial charge in [-0.1, -0.05) is 25.7 Å². The summed E-state index contributed by atoms with van der Waals surface area (Å²) in [5.74, 6) is -0.721. The number of aromatic carboxylic acids is 1. The van der Waals surface area contributed by atoms with Crippen LogP contribution in [0.2, 0.25) is 0 Å². The molecule has 0 atom stereocenters. The molecule has 0 bridgehead atoms. The number of rotatable bonds is 6. The number of carboxylic acids is 1. The quantitative estimate of drug-likeness (QED) is 0.775. The van der Waals surface area contributed by atoms with Gasteiger partial charge >= 0.3 is 5.97 Å². The first kappa shape index (κ1) is 13.8. The molecule has 0 saturated heterocycles. The van der Waals surface area contributed by atoms with Crippen molar-refractivity contribution in [3.63, 3.8) is 0 Å². The summed E-state index contributed by atoms with van der Waals surface area (Å²) in [6, 6.07) is 0.995. The summed E-state index contributed by atoms with van der Waals surface area (Å²) >= 11 is 0. The van der Waals surface area contributed by atoms with Gasteiger partial charge in [0.1, 0.15) is 17.2 Å². The van der Waals surface area contributed by atoms with Crippen LogP contribution in [0.25, 0.3) is 0 Å². The van der Waals surface area contributed by atoms with E-state index in [0.717, 1.165) is 31.0 Å². The largest absolute Gasteiger partial charge is 0.478 e. The zero-order valence-corrected chi connectivity index (χ0v) is 10.9. The maximum absolute atomic E-state index is 12.9. The lowest BCUT2D eigenvalue weighted by atomic mass is 10.0. The van der Waals surface area contributed by atoms with Crippen molar-refractivity contribution in [2.24, 2.45) is 5.92 Å². The van der Waals surface area contributed by atoms with E-state index in [1.165, 1.54) is 25.7 Å². The van der Waals surface area contributed by atoms with Crippen molar-refractivity contribution in [1.82, 2.24) is 4.98 Å². The second kappa shape index (κ2) is 6.50. The molecule has 19 heavy (non-hydrogen) atoms. The van der Waals surface area contributed by atoms with Crippen LogP contribution in [0.4, 0.5) is 10.2 Å². The Labute approximate surface area is 112 Å². The Morgan fingerprint density at radius 2 is 2.21 bits per heavy atom. The van der Waals surface area contributed by atoms with Crippen molar-refractivity contribution in [1.29, 1.82) is 0 Å². The minimum Gasteiger partial charge on any atom is -0.478 e. The number of nitrogens with one attached hydrogen (secondary N) is 1. The fraction of sp³-hybridized carbons (Fsp3) is 0.571. The summed E-state index contributed by atoms with van der Waals surface area (Å²) in [6.45, 7) is 0.676. The Hall–Kier alpha value is -1.65. The van der Waals surface area contributed by atoms with Crippen LogP contribution in [-0.2, 0) is 0 Å². The summed E-state index contributed by atoms with van der Waals surface area (Å²) in [5, 5.41) is 12.0. The van der Waals surface area contributed by atoms with E-state index in [2.05, 4.69) is 10.3 Å². The highest BCUT2D eigenvalue weighted by atomic mass is 19.1. The Morgan fingerprint density at radius 3 is 2.89 bits per heavy atom. The molecule has 1 aliphatic carbocycles. The van der Waals surface area contributed by atoms with Crippen molar-refractivity contribution in [3.8, 4) is 0 Å². The molecule has 104 valence electrons. The number of halogens is 1. The van der Waals surface area contributed by atoms with Crippen LogP contribution in [0.3, 0.4) is 0 Å². The monoisotopic (exact) mass is 266 g/mol. The minimum atomic E-state index is -1.16. The van der Waals surface area contributed by atoms with E-state index in [9.17, 15) is 9.18 Å². The highest BCUT2D eigenvalue weighted by Crippen LogP contribution is 2.28. The third-order valence-corrected chi connectivity index (χ3v) is 3.64. The lowest BCUT2D eigenvalue weighted by molar-refractivity contribution is 0.0697. The maximum atomic E-state index is 12.9. The van der Waals surface area contributed by atoms with Crippen molar-refractivity contribution in [2.75, 3.05) is 11.9 Å². The maximum Gasteiger partial charge on any atom is 0.339 e. The number of aromatic nitrogens is 1. The van der Waals surface area contributed by atoms with E-state index in [-0.39, 0.29) is 11.4 Å². The molecule has 2 rings (SSSR count). The Balaban J connectivity index is 1.83. The van der Waals surface area contributed by atoms with Gasteiger partial charge in [0.15, 0.2) is 0 Å². The number of hydrogen-bond donors (Lipinski definition) is 2. The average Bonchev–Trinajstić information content (AvgIpc) is 2.89. The van der Waals surface area contributed by atoms with Gasteiger partial charge < -0.3 is 10.4 Å². The van der Waals surface area contributed by atoms with Crippen LogP contribution in [0.1, 0.15) is 48.9 Å². The number of carboxylic acid groups (broad SMARTS) is 1. The molecule has 5 heteroatoms. The van der Waals surface area contributed by atoms with Crippen molar-refractivity contribution < 1.29 is 14.3 Å². The zero-order valence-electron chi connectivity index (χ0n) is 10.9. The summed E-state index contributed by atoms with van der Waals surface area (Å²) in [6.07, 6.45) is 8.48. The molecule has 1 aliphatic rings. The van der Waals surface area contributed by atoms with E-state index in [1.807, 2.05) is 0 Å². The van der Waals surface area contributed by atoms with Crippen LogP contribution in [0.15, 0.2) is 12.3 Å². The van der Waals surface area contributed by atoms with Gasteiger partial charge in [0, 0.05) is 6.54 Å². The fourth-order valence-corrected chi connectivity index (χ4v) is 2.64. The van der Waals surface area contributed by atoms with Crippen LogP contribution in [0.5, 0.6) is 0 Å². The second-order valence-electron chi connectivity index (χ2n) is 5.07. The van der Waals surface area contributed by atoms with Gasteiger partial charge in [-0.25, -0.2) is 14.2 Å². The van der Waals surface area contributed by atoms with Gasteiger partial charge in [0.2, 0.25) is 0 Å². The normalized spacial score (nSPS) is 15.6. The molecule has 1 heterocycles. The molecule has 0 amide bonds. The first-order chi connectivity index (χ1) is 9.16. The fourth-order valence-electron chi connectivity index (χ4n) is 2.64. The number of hydrogen-bond acceptors (Lipinski definition) is 3. The SMILES string of the molecule is O=C(O)c1cc(F)cnc1NCCCC1CCCC1. The molecule has 1 aromatic heterocycles. The lowest BCUT2D eigenvalue weighted by Crippen LogP contribution is -2.11. The molecule has 0 aromatic carbocycles. The van der Waals surface area contributed by atoms with Crippen LogP contribution in [-0.4, -0.2) is 22.6 Å². The predicted molar refractivity (Wildman–Crippen MR) is 70.8 cm³/mol. The smallest absolute Gasteiger partial charge is 0.339 e. The minimum absolute atomic E-state index is 0.110. The summed E-state index contributed by atoms with van der Waals surface area (Å²) in [5.41, 5.74) is -0.110. The highest BCUT2D eigenvalue weighted by Gasteiger charge is 2.15. The van der Waals surface area contributed by atoms with E-state index in [4.69, 9.17) is 5.11 Å². The molecule has 0 spiro atoms. The Morgan fingerprint density at radius 1 is 1.47 bits per heavy atom.